The molecule has 7 nitrogen and oxygen atoms in total. The minimum atomic E-state index is -0.884. The van der Waals surface area contributed by atoms with Crippen molar-refractivity contribution in [3.63, 3.8) is 0 Å². The van der Waals surface area contributed by atoms with Crippen LogP contribution in [0, 0.1) is 6.92 Å². The second-order valence-corrected chi connectivity index (χ2v) is 13.4. The third-order valence-electron chi connectivity index (χ3n) is 7.81. The van der Waals surface area contributed by atoms with Gasteiger partial charge in [-0.3, -0.25) is 14.5 Å². The molecule has 1 atom stereocenters. The number of carbonyl (C=O) groups is 2. The Labute approximate surface area is 280 Å². The van der Waals surface area contributed by atoms with Crippen LogP contribution in [0.4, 0.5) is 5.13 Å². The molecule has 0 saturated carbocycles. The summed E-state index contributed by atoms with van der Waals surface area (Å²) in [5.41, 5.74) is 5.46. The number of aromatic nitrogens is 2. The van der Waals surface area contributed by atoms with E-state index < -0.39 is 17.7 Å². The number of ketones is 1. The number of aliphatic hydroxyl groups excluding tert-OH is 1. The number of nitrogens with zero attached hydrogens (tertiary/aromatic N) is 3. The molecule has 0 aliphatic carbocycles. The summed E-state index contributed by atoms with van der Waals surface area (Å²) in [5.74, 6) is -0.568. The number of aryl methyl sites for hydroxylation is 2. The summed E-state index contributed by atoms with van der Waals surface area (Å²) >= 11 is 8.72. The molecule has 1 aliphatic heterocycles. The van der Waals surface area contributed by atoms with E-state index in [1.165, 1.54) is 28.0 Å². The molecule has 10 heteroatoms. The van der Waals surface area contributed by atoms with Crippen LogP contribution < -0.4 is 9.64 Å². The van der Waals surface area contributed by atoms with Crippen molar-refractivity contribution in [3.05, 3.63) is 141 Å². The smallest absolute Gasteiger partial charge is 0.301 e. The summed E-state index contributed by atoms with van der Waals surface area (Å²) in [6.45, 7) is 4.49. The topological polar surface area (TPSA) is 92.6 Å². The fraction of sp³-hybridized carbons (Fsp3) is 0.167. The molecule has 1 fully saturated rings. The molecule has 0 bridgehead atoms. The molecule has 2 heterocycles. The van der Waals surface area contributed by atoms with Crippen LogP contribution in [-0.2, 0) is 28.4 Å². The fourth-order valence-electron chi connectivity index (χ4n) is 5.16. The first kappa shape index (κ1) is 31.5. The Bertz CT molecular complexity index is 1910. The van der Waals surface area contributed by atoms with E-state index in [0.29, 0.717) is 38.6 Å². The van der Waals surface area contributed by atoms with Crippen molar-refractivity contribution in [1.29, 1.82) is 0 Å². The first-order valence-corrected chi connectivity index (χ1v) is 16.9. The van der Waals surface area contributed by atoms with Crippen LogP contribution in [0.1, 0.15) is 46.3 Å². The van der Waals surface area contributed by atoms with Gasteiger partial charge in [0.15, 0.2) is 4.34 Å². The average molecular weight is 668 g/mol. The Morgan fingerprint density at radius 3 is 2.33 bits per heavy atom. The Morgan fingerprint density at radius 2 is 1.63 bits per heavy atom. The lowest BCUT2D eigenvalue weighted by Crippen LogP contribution is -2.29. The number of hydrogen-bond acceptors (Lipinski definition) is 8. The maximum absolute atomic E-state index is 13.6. The molecule has 0 spiro atoms. The number of carbonyl (C=O) groups excluding carboxylic acids is 2. The van der Waals surface area contributed by atoms with Crippen molar-refractivity contribution in [3.8, 4) is 5.75 Å². The third-order valence-corrected chi connectivity index (χ3v) is 10.2. The van der Waals surface area contributed by atoms with Gasteiger partial charge in [0.25, 0.3) is 5.78 Å². The van der Waals surface area contributed by atoms with Crippen LogP contribution in [0.3, 0.4) is 0 Å². The van der Waals surface area contributed by atoms with Crippen LogP contribution in [0.15, 0.2) is 107 Å². The van der Waals surface area contributed by atoms with Crippen LogP contribution in [0.5, 0.6) is 5.75 Å². The molecule has 6 rings (SSSR count). The van der Waals surface area contributed by atoms with Crippen molar-refractivity contribution in [2.24, 2.45) is 0 Å². The molecule has 0 radical (unpaired) electrons. The molecule has 1 saturated heterocycles. The molecule has 1 amide bonds. The van der Waals surface area contributed by atoms with E-state index >= 15 is 0 Å². The van der Waals surface area contributed by atoms with Gasteiger partial charge in [-0.25, -0.2) is 0 Å². The van der Waals surface area contributed by atoms with Crippen LogP contribution in [-0.4, -0.2) is 27.0 Å². The summed E-state index contributed by atoms with van der Waals surface area (Å²) in [6, 6.07) is 29.2. The summed E-state index contributed by atoms with van der Waals surface area (Å²) < 4.78 is 6.61. The SMILES string of the molecule is CCc1ccc(C2C(=C(O)c3ccc(OCc4ccccc4C)cc3)C(=O)C(=O)N2c2nnc(SCc3ccc(Cl)cc3)s2)cc1. The zero-order chi connectivity index (χ0) is 32.2. The molecule has 1 aliphatic rings. The molecule has 46 heavy (non-hydrogen) atoms. The number of hydrogen-bond donors (Lipinski definition) is 1. The van der Waals surface area contributed by atoms with E-state index in [1.807, 2.05) is 79.7 Å². The number of ether oxygens (including phenoxy) is 1. The second kappa shape index (κ2) is 13.9. The third kappa shape index (κ3) is 6.72. The van der Waals surface area contributed by atoms with Gasteiger partial charge in [0.2, 0.25) is 5.13 Å². The number of Topliss-reactive ketones (excluding diaryl/α,β-unsaturated/α-hetero) is 1. The van der Waals surface area contributed by atoms with E-state index in [1.54, 1.807) is 24.3 Å². The predicted molar refractivity (Wildman–Crippen MR) is 183 cm³/mol. The van der Waals surface area contributed by atoms with Crippen LogP contribution in [0.25, 0.3) is 5.76 Å². The average Bonchev–Trinajstić information content (AvgIpc) is 3.65. The number of thioether (sulfide) groups is 1. The number of anilines is 1. The fourth-order valence-corrected chi connectivity index (χ4v) is 7.11. The summed E-state index contributed by atoms with van der Waals surface area (Å²) in [6.07, 6.45) is 0.837. The summed E-state index contributed by atoms with van der Waals surface area (Å²) in [7, 11) is 0. The largest absolute Gasteiger partial charge is 0.507 e. The van der Waals surface area contributed by atoms with E-state index in [4.69, 9.17) is 16.3 Å². The second-order valence-electron chi connectivity index (χ2n) is 10.8. The molecule has 5 aromatic rings. The number of benzene rings is 4. The van der Waals surface area contributed by atoms with Gasteiger partial charge < -0.3 is 9.84 Å². The van der Waals surface area contributed by atoms with Gasteiger partial charge in [0.1, 0.15) is 18.1 Å². The van der Waals surface area contributed by atoms with Crippen molar-refractivity contribution < 1.29 is 19.4 Å². The lowest BCUT2D eigenvalue weighted by molar-refractivity contribution is -0.132. The van der Waals surface area contributed by atoms with E-state index in [0.717, 1.165) is 28.7 Å². The monoisotopic (exact) mass is 667 g/mol. The first-order valence-electron chi connectivity index (χ1n) is 14.7. The lowest BCUT2D eigenvalue weighted by Gasteiger charge is -2.22. The van der Waals surface area contributed by atoms with Gasteiger partial charge in [-0.1, -0.05) is 102 Å². The molecule has 1 N–H and O–H groups in total. The Balaban J connectivity index is 1.30. The normalized spacial score (nSPS) is 15.8. The van der Waals surface area contributed by atoms with Gasteiger partial charge in [-0.2, -0.15) is 0 Å². The van der Waals surface area contributed by atoms with Crippen molar-refractivity contribution in [1.82, 2.24) is 10.2 Å². The highest BCUT2D eigenvalue weighted by Gasteiger charge is 2.48. The summed E-state index contributed by atoms with van der Waals surface area (Å²) in [4.78, 5) is 28.6. The first-order chi connectivity index (χ1) is 22.3. The predicted octanol–water partition coefficient (Wildman–Crippen LogP) is 8.56. The van der Waals surface area contributed by atoms with Gasteiger partial charge in [-0.05, 0) is 77.6 Å². The molecular formula is C36H30ClN3O4S2. The van der Waals surface area contributed by atoms with Crippen molar-refractivity contribution >= 4 is 57.3 Å². The molecule has 1 aromatic heterocycles. The van der Waals surface area contributed by atoms with E-state index in [2.05, 4.69) is 17.1 Å². The Kier molecular flexibility index (Phi) is 9.53. The van der Waals surface area contributed by atoms with Gasteiger partial charge >= 0.3 is 5.91 Å². The maximum atomic E-state index is 13.6. The highest BCUT2D eigenvalue weighted by molar-refractivity contribution is 8.00. The molecular weight excluding hydrogens is 638 g/mol. The molecule has 4 aromatic carbocycles. The summed E-state index contributed by atoms with van der Waals surface area (Å²) in [5, 5.41) is 21.1. The molecule has 232 valence electrons. The van der Waals surface area contributed by atoms with Crippen LogP contribution in [0.2, 0.25) is 5.02 Å². The van der Waals surface area contributed by atoms with Gasteiger partial charge in [0, 0.05) is 16.3 Å². The van der Waals surface area contributed by atoms with Gasteiger partial charge in [-0.15, -0.1) is 10.2 Å². The Morgan fingerprint density at radius 1 is 0.935 bits per heavy atom. The Hall–Kier alpha value is -4.44. The molecule has 1 unspecified atom stereocenters. The highest BCUT2D eigenvalue weighted by Crippen LogP contribution is 2.44. The zero-order valence-electron chi connectivity index (χ0n) is 25.1. The minimum Gasteiger partial charge on any atom is -0.507 e. The van der Waals surface area contributed by atoms with E-state index in [-0.39, 0.29) is 16.5 Å². The van der Waals surface area contributed by atoms with E-state index in [9.17, 15) is 14.7 Å². The standard InChI is InChI=1S/C36H30ClN3O4S2/c1-3-23-8-12-25(13-9-23)31-30(32(41)26-14-18-29(19-15-26)44-20-27-7-5-4-6-22(27)2)33(42)34(43)40(31)35-38-39-36(46-35)45-21-24-10-16-28(37)17-11-24/h4-19,31,41H,3,20-21H2,1-2H3. The van der Waals surface area contributed by atoms with Crippen molar-refractivity contribution in [2.45, 2.75) is 43.0 Å². The van der Waals surface area contributed by atoms with Crippen molar-refractivity contribution in [2.75, 3.05) is 4.90 Å². The highest BCUT2D eigenvalue weighted by atomic mass is 35.5. The minimum absolute atomic E-state index is 0.00612. The number of rotatable bonds is 10. The number of amides is 1. The lowest BCUT2D eigenvalue weighted by atomic mass is 9.94. The van der Waals surface area contributed by atoms with Crippen LogP contribution >= 0.6 is 34.7 Å². The zero-order valence-corrected chi connectivity index (χ0v) is 27.5. The van der Waals surface area contributed by atoms with Gasteiger partial charge in [0.05, 0.1) is 11.6 Å². The number of halogens is 1. The quantitative estimate of drug-likeness (QED) is 0.0524. The number of aliphatic hydroxyl groups is 1. The maximum Gasteiger partial charge on any atom is 0.301 e.